The largest absolute Gasteiger partial charge is 0.484 e. The Kier molecular flexibility index (Phi) is 5.49. The maximum Gasteiger partial charge on any atom is 0.132 e. The minimum absolute atomic E-state index is 0.0898. The summed E-state index contributed by atoms with van der Waals surface area (Å²) < 4.78 is 6.70. The Morgan fingerprint density at radius 1 is 0.548 bits per heavy atom. The van der Waals surface area contributed by atoms with Gasteiger partial charge in [-0.25, -0.2) is 0 Å². The van der Waals surface area contributed by atoms with E-state index in [0.29, 0.717) is 0 Å². The van der Waals surface area contributed by atoms with Crippen molar-refractivity contribution in [3.05, 3.63) is 150 Å². The van der Waals surface area contributed by atoms with Crippen LogP contribution in [0.3, 0.4) is 0 Å². The zero-order valence-electron chi connectivity index (χ0n) is 17.3. The Labute approximate surface area is 184 Å². The van der Waals surface area contributed by atoms with Gasteiger partial charge in [-0.15, -0.1) is 0 Å². The van der Waals surface area contributed by atoms with Gasteiger partial charge in [0.2, 0.25) is 0 Å². The summed E-state index contributed by atoms with van der Waals surface area (Å²) in [5.74, 6) is 1.07. The summed E-state index contributed by atoms with van der Waals surface area (Å²) in [6.07, 6.45) is 4.27. The summed E-state index contributed by atoms with van der Waals surface area (Å²) in [6, 6.07) is 42.1. The highest BCUT2D eigenvalue weighted by molar-refractivity contribution is 5.93. The maximum absolute atomic E-state index is 6.70. The first-order chi connectivity index (χ1) is 15.4. The van der Waals surface area contributed by atoms with Crippen molar-refractivity contribution in [2.24, 2.45) is 0 Å². The van der Waals surface area contributed by atoms with E-state index in [2.05, 4.69) is 121 Å². The van der Waals surface area contributed by atoms with Crippen LogP contribution in [0.25, 0.3) is 17.4 Å². The standard InChI is InChI=1S/C30H24O/c1-5-13-23(14-6-1)21-22-27-28(24-15-7-2-8-16-24)29(25-17-9-3-10-18-25)30(31-27)26-19-11-4-12-20-26/h1-22,27-28H/b22-21+. The van der Waals surface area contributed by atoms with E-state index in [1.807, 2.05) is 12.1 Å². The third-order valence-corrected chi connectivity index (χ3v) is 5.70. The summed E-state index contributed by atoms with van der Waals surface area (Å²) in [5, 5.41) is 0. The average molecular weight is 401 g/mol. The van der Waals surface area contributed by atoms with Gasteiger partial charge in [0.05, 0.1) is 5.92 Å². The second kappa shape index (κ2) is 8.89. The van der Waals surface area contributed by atoms with Gasteiger partial charge in [-0.1, -0.05) is 127 Å². The van der Waals surface area contributed by atoms with E-state index in [1.54, 1.807) is 0 Å². The molecule has 5 rings (SSSR count). The quantitative estimate of drug-likeness (QED) is 0.338. The smallest absolute Gasteiger partial charge is 0.132 e. The van der Waals surface area contributed by atoms with E-state index in [-0.39, 0.29) is 12.0 Å². The van der Waals surface area contributed by atoms with E-state index in [1.165, 1.54) is 22.3 Å². The molecule has 31 heavy (non-hydrogen) atoms. The normalized spacial score (nSPS) is 18.3. The summed E-state index contributed by atoms with van der Waals surface area (Å²) in [5.41, 5.74) is 5.98. The monoisotopic (exact) mass is 400 g/mol. The lowest BCUT2D eigenvalue weighted by Crippen LogP contribution is -2.14. The minimum Gasteiger partial charge on any atom is -0.484 e. The van der Waals surface area contributed by atoms with Crippen LogP contribution in [0.15, 0.2) is 127 Å². The number of hydrogen-bond acceptors (Lipinski definition) is 1. The molecule has 0 aliphatic carbocycles. The third-order valence-electron chi connectivity index (χ3n) is 5.70. The molecule has 1 aliphatic heterocycles. The van der Waals surface area contributed by atoms with Gasteiger partial charge in [0.25, 0.3) is 0 Å². The number of hydrogen-bond donors (Lipinski definition) is 0. The predicted molar refractivity (Wildman–Crippen MR) is 129 cm³/mol. The van der Waals surface area contributed by atoms with E-state index in [4.69, 9.17) is 4.74 Å². The van der Waals surface area contributed by atoms with Crippen molar-refractivity contribution in [3.63, 3.8) is 0 Å². The molecule has 2 atom stereocenters. The van der Waals surface area contributed by atoms with E-state index < -0.39 is 0 Å². The summed E-state index contributed by atoms with van der Waals surface area (Å²) in [6.45, 7) is 0. The van der Waals surface area contributed by atoms with Crippen LogP contribution >= 0.6 is 0 Å². The molecule has 0 spiro atoms. The molecule has 1 heterocycles. The molecule has 0 radical (unpaired) electrons. The zero-order chi connectivity index (χ0) is 20.9. The molecule has 2 unspecified atom stereocenters. The van der Waals surface area contributed by atoms with Gasteiger partial charge in [-0.3, -0.25) is 0 Å². The van der Waals surface area contributed by atoms with E-state index in [0.717, 1.165) is 11.3 Å². The maximum atomic E-state index is 6.70. The molecule has 0 saturated heterocycles. The Morgan fingerprint density at radius 2 is 1.06 bits per heavy atom. The van der Waals surface area contributed by atoms with Gasteiger partial charge in [-0.2, -0.15) is 0 Å². The summed E-state index contributed by atoms with van der Waals surface area (Å²) in [4.78, 5) is 0. The van der Waals surface area contributed by atoms with Crippen molar-refractivity contribution in [2.75, 3.05) is 0 Å². The molecule has 0 amide bonds. The SMILES string of the molecule is C(=C\C1OC(c2ccccc2)=C(c2ccccc2)C1c1ccccc1)/c1ccccc1. The van der Waals surface area contributed by atoms with Crippen molar-refractivity contribution in [2.45, 2.75) is 12.0 Å². The fourth-order valence-electron chi connectivity index (χ4n) is 4.25. The molecule has 0 N–H and O–H groups in total. The van der Waals surface area contributed by atoms with Crippen LogP contribution in [0.4, 0.5) is 0 Å². The molecule has 0 bridgehead atoms. The fraction of sp³-hybridized carbons (Fsp3) is 0.0667. The highest BCUT2D eigenvalue weighted by atomic mass is 16.5. The molecule has 1 aliphatic rings. The van der Waals surface area contributed by atoms with Crippen molar-refractivity contribution in [1.82, 2.24) is 0 Å². The van der Waals surface area contributed by atoms with Gasteiger partial charge in [0.15, 0.2) is 0 Å². The van der Waals surface area contributed by atoms with Crippen LogP contribution in [0, 0.1) is 0 Å². The molecule has 4 aromatic carbocycles. The highest BCUT2D eigenvalue weighted by Gasteiger charge is 2.37. The first kappa shape index (κ1) is 19.1. The van der Waals surface area contributed by atoms with Crippen molar-refractivity contribution in [3.8, 4) is 0 Å². The number of rotatable bonds is 5. The van der Waals surface area contributed by atoms with Crippen molar-refractivity contribution in [1.29, 1.82) is 0 Å². The Hall–Kier alpha value is -3.84. The Bertz CT molecular complexity index is 1180. The molecule has 0 saturated carbocycles. The van der Waals surface area contributed by atoms with Crippen LogP contribution in [0.1, 0.15) is 28.2 Å². The topological polar surface area (TPSA) is 9.23 Å². The zero-order valence-corrected chi connectivity index (χ0v) is 17.3. The van der Waals surface area contributed by atoms with E-state index >= 15 is 0 Å². The van der Waals surface area contributed by atoms with Crippen LogP contribution in [0.2, 0.25) is 0 Å². The lowest BCUT2D eigenvalue weighted by atomic mass is 9.83. The van der Waals surface area contributed by atoms with Gasteiger partial charge < -0.3 is 4.74 Å². The molecule has 4 aromatic rings. The molecule has 0 fully saturated rings. The molecular formula is C30H24O. The average Bonchev–Trinajstić information content (AvgIpc) is 3.24. The number of benzene rings is 4. The van der Waals surface area contributed by atoms with Gasteiger partial charge in [-0.05, 0) is 22.8 Å². The molecular weight excluding hydrogens is 376 g/mol. The van der Waals surface area contributed by atoms with Crippen LogP contribution in [-0.4, -0.2) is 6.10 Å². The van der Waals surface area contributed by atoms with Crippen LogP contribution in [0.5, 0.6) is 0 Å². The first-order valence-electron chi connectivity index (χ1n) is 10.7. The third kappa shape index (κ3) is 4.08. The molecule has 1 nitrogen and oxygen atoms in total. The fourth-order valence-corrected chi connectivity index (χ4v) is 4.25. The molecule has 1 heteroatoms. The summed E-state index contributed by atoms with van der Waals surface area (Å²) >= 11 is 0. The second-order valence-corrected chi connectivity index (χ2v) is 7.72. The van der Waals surface area contributed by atoms with Crippen LogP contribution < -0.4 is 0 Å². The van der Waals surface area contributed by atoms with Crippen molar-refractivity contribution >= 4 is 17.4 Å². The summed E-state index contributed by atoms with van der Waals surface area (Å²) in [7, 11) is 0. The minimum atomic E-state index is -0.0898. The predicted octanol–water partition coefficient (Wildman–Crippen LogP) is 7.45. The lowest BCUT2D eigenvalue weighted by molar-refractivity contribution is 0.223. The Morgan fingerprint density at radius 3 is 1.68 bits per heavy atom. The number of ether oxygens (including phenoxy) is 1. The Balaban J connectivity index is 1.65. The first-order valence-corrected chi connectivity index (χ1v) is 10.7. The lowest BCUT2D eigenvalue weighted by Gasteiger charge is -2.19. The highest BCUT2D eigenvalue weighted by Crippen LogP contribution is 2.48. The van der Waals surface area contributed by atoms with Gasteiger partial charge >= 0.3 is 0 Å². The second-order valence-electron chi connectivity index (χ2n) is 7.72. The molecule has 0 aromatic heterocycles. The van der Waals surface area contributed by atoms with Gasteiger partial charge in [0, 0.05) is 11.1 Å². The molecule has 150 valence electrons. The van der Waals surface area contributed by atoms with Crippen molar-refractivity contribution < 1.29 is 4.74 Å². The van der Waals surface area contributed by atoms with E-state index in [9.17, 15) is 0 Å². The van der Waals surface area contributed by atoms with Gasteiger partial charge in [0.1, 0.15) is 11.9 Å². The van der Waals surface area contributed by atoms with Crippen LogP contribution in [-0.2, 0) is 4.74 Å².